The number of nitrogens with one attached hydrogen (secondary N) is 1. The zero-order chi connectivity index (χ0) is 21.0. The maximum atomic E-state index is 12.3. The summed E-state index contributed by atoms with van der Waals surface area (Å²) in [5, 5.41) is 22.9. The van der Waals surface area contributed by atoms with Crippen LogP contribution in [0.5, 0.6) is 0 Å². The predicted molar refractivity (Wildman–Crippen MR) is 110 cm³/mol. The van der Waals surface area contributed by atoms with Crippen LogP contribution in [-0.4, -0.2) is 31.8 Å². The lowest BCUT2D eigenvalue weighted by Crippen LogP contribution is -2.32. The average Bonchev–Trinajstić information content (AvgIpc) is 3.00. The van der Waals surface area contributed by atoms with Gasteiger partial charge in [0.15, 0.2) is 0 Å². The van der Waals surface area contributed by atoms with Crippen molar-refractivity contribution in [3.05, 3.63) is 45.3 Å². The molecule has 4 rings (SSSR count). The van der Waals surface area contributed by atoms with Gasteiger partial charge in [-0.25, -0.2) is 4.98 Å². The van der Waals surface area contributed by atoms with Crippen LogP contribution in [-0.2, 0) is 10.2 Å². The van der Waals surface area contributed by atoms with Crippen molar-refractivity contribution in [1.29, 1.82) is 0 Å². The Morgan fingerprint density at radius 3 is 2.83 bits per heavy atom. The highest BCUT2D eigenvalue weighted by atomic mass is 32.2. The zero-order valence-electron chi connectivity index (χ0n) is 16.9. The fourth-order valence-electron chi connectivity index (χ4n) is 4.63. The third-order valence-corrected chi connectivity index (χ3v) is 7.63. The van der Waals surface area contributed by atoms with E-state index in [9.17, 15) is 14.9 Å². The highest BCUT2D eigenvalue weighted by Gasteiger charge is 2.61. The first-order valence-electron chi connectivity index (χ1n) is 9.56. The molecule has 9 heteroatoms. The largest absolute Gasteiger partial charge is 0.325 e. The molecular weight excluding hydrogens is 390 g/mol. The molecule has 0 radical (unpaired) electrons. The molecule has 1 saturated carbocycles. The number of hydrogen-bond donors (Lipinski definition) is 1. The van der Waals surface area contributed by atoms with Gasteiger partial charge in [0.2, 0.25) is 11.1 Å². The number of thioether (sulfide) groups is 1. The first-order chi connectivity index (χ1) is 13.6. The first-order valence-corrected chi connectivity index (χ1v) is 10.5. The summed E-state index contributed by atoms with van der Waals surface area (Å²) in [5.41, 5.74) is 3.04. The van der Waals surface area contributed by atoms with Crippen LogP contribution in [0.4, 0.5) is 11.4 Å². The SMILES string of the molecule is Cc1ccc(NC(=O)CSc2nnc3c(n2)[C@]2(C)CC[C@@H]3C2(C)C)cc1[N+](=O)[O-]. The van der Waals surface area contributed by atoms with Crippen molar-refractivity contribution in [3.63, 3.8) is 0 Å². The topological polar surface area (TPSA) is 111 Å². The van der Waals surface area contributed by atoms with Crippen LogP contribution in [0.15, 0.2) is 23.4 Å². The second-order valence-corrected chi connectivity index (χ2v) is 9.51. The number of rotatable bonds is 5. The lowest BCUT2D eigenvalue weighted by Gasteiger charge is -2.33. The number of benzene rings is 1. The van der Waals surface area contributed by atoms with Crippen LogP contribution >= 0.6 is 11.8 Å². The summed E-state index contributed by atoms with van der Waals surface area (Å²) in [6.45, 7) is 8.45. The second-order valence-electron chi connectivity index (χ2n) is 8.57. The number of hydrogen-bond acceptors (Lipinski definition) is 7. The standard InChI is InChI=1S/C20H23N5O3S/c1-11-5-6-12(9-14(11)25(27)28)21-15(26)10-29-18-22-17-16(23-24-18)13-7-8-20(17,4)19(13,2)3/h5-6,9,13H,7-8,10H2,1-4H3,(H,21,26)/t13-,20-/m0/s1. The monoisotopic (exact) mass is 413 g/mol. The van der Waals surface area contributed by atoms with Crippen LogP contribution in [0.3, 0.4) is 0 Å². The van der Waals surface area contributed by atoms with E-state index in [0.717, 1.165) is 24.2 Å². The van der Waals surface area contributed by atoms with Gasteiger partial charge in [0.25, 0.3) is 5.69 Å². The molecule has 2 atom stereocenters. The Morgan fingerprint density at radius 1 is 1.34 bits per heavy atom. The van der Waals surface area contributed by atoms with Crippen molar-refractivity contribution in [2.75, 3.05) is 11.1 Å². The molecule has 152 valence electrons. The second kappa shape index (κ2) is 6.76. The Hall–Kier alpha value is -2.55. The third kappa shape index (κ3) is 3.08. The van der Waals surface area contributed by atoms with E-state index in [1.807, 2.05) is 0 Å². The smallest absolute Gasteiger partial charge is 0.274 e. The van der Waals surface area contributed by atoms with E-state index in [1.54, 1.807) is 19.1 Å². The Kier molecular flexibility index (Phi) is 4.60. The number of carbonyl (C=O) groups is 1. The number of nitro benzene ring substituents is 1. The van der Waals surface area contributed by atoms with Gasteiger partial charge in [-0.15, -0.1) is 5.10 Å². The normalized spacial score (nSPS) is 23.7. The molecule has 29 heavy (non-hydrogen) atoms. The van der Waals surface area contributed by atoms with Gasteiger partial charge in [-0.05, 0) is 31.2 Å². The Balaban J connectivity index is 1.44. The van der Waals surface area contributed by atoms with E-state index in [-0.39, 0.29) is 28.2 Å². The minimum Gasteiger partial charge on any atom is -0.325 e. The predicted octanol–water partition coefficient (Wildman–Crippen LogP) is 3.99. The fraction of sp³-hybridized carbons (Fsp3) is 0.500. The Labute approximate surface area is 173 Å². The van der Waals surface area contributed by atoms with E-state index < -0.39 is 4.92 Å². The molecule has 1 N–H and O–H groups in total. The number of nitro groups is 1. The maximum Gasteiger partial charge on any atom is 0.274 e. The van der Waals surface area contributed by atoms with Gasteiger partial charge in [-0.2, -0.15) is 5.10 Å². The average molecular weight is 414 g/mol. The molecule has 2 aliphatic rings. The summed E-state index contributed by atoms with van der Waals surface area (Å²) in [6, 6.07) is 4.63. The van der Waals surface area contributed by atoms with E-state index in [4.69, 9.17) is 4.98 Å². The Morgan fingerprint density at radius 2 is 2.10 bits per heavy atom. The third-order valence-electron chi connectivity index (χ3n) is 6.79. The summed E-state index contributed by atoms with van der Waals surface area (Å²) >= 11 is 1.22. The van der Waals surface area contributed by atoms with Gasteiger partial charge in [0, 0.05) is 28.7 Å². The number of nitrogens with zero attached hydrogens (tertiary/aromatic N) is 4. The summed E-state index contributed by atoms with van der Waals surface area (Å²) in [7, 11) is 0. The number of fused-ring (bicyclic) bond motifs is 5. The van der Waals surface area contributed by atoms with Gasteiger partial charge < -0.3 is 5.32 Å². The number of aromatic nitrogens is 3. The van der Waals surface area contributed by atoms with Crippen molar-refractivity contribution in [1.82, 2.24) is 15.2 Å². The minimum absolute atomic E-state index is 0.0126. The lowest BCUT2D eigenvalue weighted by molar-refractivity contribution is -0.385. The molecule has 0 saturated heterocycles. The summed E-state index contributed by atoms with van der Waals surface area (Å²) in [6.07, 6.45) is 2.21. The van der Waals surface area contributed by atoms with E-state index >= 15 is 0 Å². The molecule has 8 nitrogen and oxygen atoms in total. The highest BCUT2D eigenvalue weighted by Crippen LogP contribution is 2.66. The molecule has 0 unspecified atom stereocenters. The molecule has 0 aliphatic heterocycles. The van der Waals surface area contributed by atoms with Crippen molar-refractivity contribution < 1.29 is 9.72 Å². The van der Waals surface area contributed by atoms with Crippen molar-refractivity contribution in [2.45, 2.75) is 57.0 Å². The van der Waals surface area contributed by atoms with Gasteiger partial charge in [-0.3, -0.25) is 14.9 Å². The summed E-state index contributed by atoms with van der Waals surface area (Å²) < 4.78 is 0. The van der Waals surface area contributed by atoms with Gasteiger partial charge >= 0.3 is 0 Å². The fourth-order valence-corrected chi connectivity index (χ4v) is 5.22. The van der Waals surface area contributed by atoms with E-state index in [2.05, 4.69) is 36.3 Å². The molecule has 1 fully saturated rings. The summed E-state index contributed by atoms with van der Waals surface area (Å²) in [5.74, 6) is 0.221. The molecule has 1 aromatic carbocycles. The van der Waals surface area contributed by atoms with Gasteiger partial charge in [0.1, 0.15) is 0 Å². The van der Waals surface area contributed by atoms with Gasteiger partial charge in [-0.1, -0.05) is 38.6 Å². The zero-order valence-corrected chi connectivity index (χ0v) is 17.7. The van der Waals surface area contributed by atoms with Crippen molar-refractivity contribution >= 4 is 29.0 Å². The van der Waals surface area contributed by atoms with Gasteiger partial charge in [0.05, 0.1) is 22.1 Å². The van der Waals surface area contributed by atoms with Crippen LogP contribution < -0.4 is 5.32 Å². The van der Waals surface area contributed by atoms with Crippen LogP contribution in [0, 0.1) is 22.5 Å². The van der Waals surface area contributed by atoms with Crippen LogP contribution in [0.25, 0.3) is 0 Å². The number of amides is 1. The molecule has 2 aromatic rings. The van der Waals surface area contributed by atoms with Crippen LogP contribution in [0.1, 0.15) is 56.5 Å². The molecular formula is C20H23N5O3S. The lowest BCUT2D eigenvalue weighted by atomic mass is 9.70. The molecule has 2 bridgehead atoms. The number of aryl methyl sites for hydroxylation is 1. The van der Waals surface area contributed by atoms with E-state index in [0.29, 0.717) is 22.3 Å². The highest BCUT2D eigenvalue weighted by molar-refractivity contribution is 7.99. The molecule has 0 spiro atoms. The van der Waals surface area contributed by atoms with E-state index in [1.165, 1.54) is 17.8 Å². The molecule has 1 heterocycles. The number of anilines is 1. The minimum atomic E-state index is -0.459. The molecule has 1 aromatic heterocycles. The first kappa shape index (κ1) is 19.8. The quantitative estimate of drug-likeness (QED) is 0.448. The van der Waals surface area contributed by atoms with Crippen molar-refractivity contribution in [3.8, 4) is 0 Å². The van der Waals surface area contributed by atoms with Crippen molar-refractivity contribution in [2.24, 2.45) is 5.41 Å². The Bertz CT molecular complexity index is 1030. The molecule has 1 amide bonds. The van der Waals surface area contributed by atoms with Crippen LogP contribution in [0.2, 0.25) is 0 Å². The summed E-state index contributed by atoms with van der Waals surface area (Å²) in [4.78, 5) is 27.6. The number of carbonyl (C=O) groups excluding carboxylic acids is 1. The molecule has 2 aliphatic carbocycles. The maximum absolute atomic E-state index is 12.3.